The predicted molar refractivity (Wildman–Crippen MR) is 177 cm³/mol. The summed E-state index contributed by atoms with van der Waals surface area (Å²) in [5.41, 5.74) is -4.55. The third-order valence-electron chi connectivity index (χ3n) is 7.67. The van der Waals surface area contributed by atoms with Crippen molar-refractivity contribution in [1.82, 2.24) is 0 Å². The Morgan fingerprint density at radius 2 is 0.436 bits per heavy atom. The van der Waals surface area contributed by atoms with E-state index in [1.54, 1.807) is 0 Å². The van der Waals surface area contributed by atoms with E-state index < -0.39 is 156 Å². The maximum Gasteiger partial charge on any atom is 0.213 e. The van der Waals surface area contributed by atoms with Crippen molar-refractivity contribution in [3.05, 3.63) is 34.0 Å². The molecule has 3 aliphatic heterocycles. The standard InChI is InChI=1S/3C9H9NO8.Al.3H/c3*11-3-1-2(5(13)7(15)6(3)14)10(18)9(17)8(16)4(1)12;;;;/h3*9,11-18H;;;;. The first-order valence-electron chi connectivity index (χ1n) is 13.7. The van der Waals surface area contributed by atoms with Gasteiger partial charge in [0, 0.05) is 0 Å². The summed E-state index contributed by atoms with van der Waals surface area (Å²) in [6.45, 7) is 0. The SMILES string of the molecule is OC1=C(O)C(O)N(O)c2c(O)c(O)c(O)c(O)c21.OC1=C(O)C(O)N(O)c2c(O)c(O)c(O)c(O)c21.OC1=C(O)C(O)N(O)c2c(O)c(O)c(O)c(O)c21.[AlH3]. The number of benzene rings is 3. The van der Waals surface area contributed by atoms with Crippen LogP contribution in [0.4, 0.5) is 17.1 Å². The number of phenols is 12. The van der Waals surface area contributed by atoms with Crippen LogP contribution in [0.15, 0.2) is 17.3 Å². The third kappa shape index (κ3) is 6.08. The molecule has 0 saturated heterocycles. The van der Waals surface area contributed by atoms with Crippen molar-refractivity contribution in [3.8, 4) is 69.0 Å². The van der Waals surface area contributed by atoms with Crippen LogP contribution in [0.25, 0.3) is 17.3 Å². The zero-order valence-electron chi connectivity index (χ0n) is 25.8. The third-order valence-corrected chi connectivity index (χ3v) is 7.67. The number of hydrogen-bond donors (Lipinski definition) is 24. The first kappa shape index (κ1) is 42.4. The fourth-order valence-electron chi connectivity index (χ4n) is 4.86. The Bertz CT molecular complexity index is 1950. The van der Waals surface area contributed by atoms with Gasteiger partial charge in [-0.1, -0.05) is 0 Å². The second-order valence-corrected chi connectivity index (χ2v) is 10.7. The van der Waals surface area contributed by atoms with Crippen molar-refractivity contribution < 1.29 is 123 Å². The maximum atomic E-state index is 9.51. The van der Waals surface area contributed by atoms with Gasteiger partial charge < -0.3 is 107 Å². The molecule has 3 heterocycles. The lowest BCUT2D eigenvalue weighted by Crippen LogP contribution is -2.37. The van der Waals surface area contributed by atoms with E-state index in [0.717, 1.165) is 0 Å². The lowest BCUT2D eigenvalue weighted by Gasteiger charge is -2.30. The second kappa shape index (κ2) is 14.4. The van der Waals surface area contributed by atoms with E-state index in [2.05, 4.69) is 0 Å². The molecule has 0 saturated carbocycles. The van der Waals surface area contributed by atoms with Crippen LogP contribution in [0.2, 0.25) is 0 Å². The number of aliphatic hydroxyl groups excluding tert-OH is 9. The molecule has 6 rings (SSSR count). The largest absolute Gasteiger partial charge is 0.505 e. The first-order chi connectivity index (χ1) is 24.9. The van der Waals surface area contributed by atoms with Gasteiger partial charge in [-0.25, -0.2) is 15.2 Å². The number of nitrogens with zero attached hydrogens (tertiary/aromatic N) is 3. The molecule has 0 aliphatic carbocycles. The summed E-state index contributed by atoms with van der Waals surface area (Å²) in [6.07, 6.45) is -6.31. The van der Waals surface area contributed by atoms with Crippen molar-refractivity contribution >= 4 is 51.7 Å². The molecule has 28 heteroatoms. The number of hydrogen-bond acceptors (Lipinski definition) is 27. The smallest absolute Gasteiger partial charge is 0.213 e. The lowest BCUT2D eigenvalue weighted by molar-refractivity contribution is 0.0551. The van der Waals surface area contributed by atoms with Gasteiger partial charge >= 0.3 is 0 Å². The van der Waals surface area contributed by atoms with Crippen LogP contribution >= 0.6 is 0 Å². The molecule has 3 aromatic carbocycles. The molecule has 3 aromatic rings. The van der Waals surface area contributed by atoms with E-state index in [-0.39, 0.29) is 32.6 Å². The number of rotatable bonds is 0. The fraction of sp³-hybridized carbons (Fsp3) is 0.111. The summed E-state index contributed by atoms with van der Waals surface area (Å²) in [6, 6.07) is 0. The maximum absolute atomic E-state index is 9.51. The summed E-state index contributed by atoms with van der Waals surface area (Å²) in [4.78, 5) is 0. The van der Waals surface area contributed by atoms with Crippen LogP contribution in [0.1, 0.15) is 16.7 Å². The fourth-order valence-corrected chi connectivity index (χ4v) is 4.86. The van der Waals surface area contributed by atoms with Gasteiger partial charge in [-0.3, -0.25) is 15.6 Å². The van der Waals surface area contributed by atoms with E-state index in [0.29, 0.717) is 0 Å². The Labute approximate surface area is 311 Å². The lowest BCUT2D eigenvalue weighted by atomic mass is 10.0. The van der Waals surface area contributed by atoms with Gasteiger partial charge in [0.15, 0.2) is 86.4 Å². The minimum atomic E-state index is -2.10. The average Bonchev–Trinajstić information content (AvgIpc) is 3.14. The molecule has 0 radical (unpaired) electrons. The van der Waals surface area contributed by atoms with E-state index in [9.17, 15) is 123 Å². The molecule has 3 atom stereocenters. The Morgan fingerprint density at radius 3 is 0.618 bits per heavy atom. The second-order valence-electron chi connectivity index (χ2n) is 10.7. The quantitative estimate of drug-likeness (QED) is 0.0682. The highest BCUT2D eigenvalue weighted by atomic mass is 27.0. The summed E-state index contributed by atoms with van der Waals surface area (Å²) < 4.78 is 0. The van der Waals surface area contributed by atoms with Gasteiger partial charge in [-0.05, 0) is 0 Å². The Hall–Kier alpha value is -7.03. The van der Waals surface area contributed by atoms with Crippen LogP contribution < -0.4 is 15.2 Å². The van der Waals surface area contributed by atoms with E-state index in [1.165, 1.54) is 0 Å². The number of aliphatic hydroxyl groups is 9. The molecule has 3 unspecified atom stereocenters. The monoisotopic (exact) mass is 807 g/mol. The number of phenolic OH excluding ortho intramolecular Hbond substituents is 12. The summed E-state index contributed by atoms with van der Waals surface area (Å²) in [7, 11) is 0. The van der Waals surface area contributed by atoms with E-state index in [4.69, 9.17) is 0 Å². The minimum Gasteiger partial charge on any atom is -0.505 e. The van der Waals surface area contributed by atoms with Crippen LogP contribution in [-0.4, -0.2) is 159 Å². The van der Waals surface area contributed by atoms with Gasteiger partial charge in [-0.15, -0.1) is 0 Å². The Morgan fingerprint density at radius 1 is 0.273 bits per heavy atom. The zero-order chi connectivity index (χ0) is 41.3. The van der Waals surface area contributed by atoms with Gasteiger partial charge in [0.05, 0.1) is 16.7 Å². The molecular weight excluding hydrogens is 777 g/mol. The van der Waals surface area contributed by atoms with Crippen LogP contribution in [-0.2, 0) is 0 Å². The van der Waals surface area contributed by atoms with Crippen LogP contribution in [0, 0.1) is 0 Å². The zero-order valence-corrected chi connectivity index (χ0v) is 25.8. The molecule has 0 fully saturated rings. The summed E-state index contributed by atoms with van der Waals surface area (Å²) in [5, 5.41) is 225. The summed E-state index contributed by atoms with van der Waals surface area (Å²) >= 11 is 0. The molecule has 27 nitrogen and oxygen atoms in total. The van der Waals surface area contributed by atoms with Gasteiger partial charge in [0.25, 0.3) is 0 Å². The topological polar surface area (TPSA) is 495 Å². The van der Waals surface area contributed by atoms with Crippen molar-refractivity contribution in [2.45, 2.75) is 18.7 Å². The molecular formula is C27H30AlN3O24. The van der Waals surface area contributed by atoms with E-state index in [1.807, 2.05) is 0 Å². The highest BCUT2D eigenvalue weighted by molar-refractivity contribution is 5.91. The minimum absolute atomic E-state index is 0. The molecule has 300 valence electrons. The van der Waals surface area contributed by atoms with Gasteiger partial charge in [0.1, 0.15) is 17.1 Å². The van der Waals surface area contributed by atoms with Crippen LogP contribution in [0.3, 0.4) is 0 Å². The highest BCUT2D eigenvalue weighted by Crippen LogP contribution is 2.57. The molecule has 3 aliphatic rings. The first-order valence-corrected chi connectivity index (χ1v) is 13.7. The average molecular weight is 808 g/mol. The van der Waals surface area contributed by atoms with E-state index >= 15 is 0 Å². The number of aromatic hydroxyl groups is 12. The highest BCUT2D eigenvalue weighted by Gasteiger charge is 2.41. The molecule has 0 amide bonds. The number of fused-ring (bicyclic) bond motifs is 3. The summed E-state index contributed by atoms with van der Waals surface area (Å²) in [5.74, 6) is -20.0. The van der Waals surface area contributed by atoms with Crippen molar-refractivity contribution in [1.29, 1.82) is 0 Å². The van der Waals surface area contributed by atoms with Gasteiger partial charge in [0.2, 0.25) is 53.2 Å². The van der Waals surface area contributed by atoms with Crippen molar-refractivity contribution in [2.24, 2.45) is 0 Å². The normalized spacial score (nSPS) is 18.7. The molecule has 0 aromatic heterocycles. The van der Waals surface area contributed by atoms with Gasteiger partial charge in [-0.2, -0.15) is 0 Å². The van der Waals surface area contributed by atoms with Crippen molar-refractivity contribution in [3.63, 3.8) is 0 Å². The van der Waals surface area contributed by atoms with Crippen LogP contribution in [0.5, 0.6) is 69.0 Å². The van der Waals surface area contributed by atoms with Crippen molar-refractivity contribution in [2.75, 3.05) is 15.2 Å². The molecule has 0 bridgehead atoms. The number of hydroxylamine groups is 3. The molecule has 24 N–H and O–H groups in total. The number of anilines is 3. The molecule has 55 heavy (non-hydrogen) atoms. The predicted octanol–water partition coefficient (Wildman–Crippen LogP) is -1.72. The molecule has 0 spiro atoms. The Kier molecular flexibility index (Phi) is 11.1. The Balaban J connectivity index is 0.000000220.